The van der Waals surface area contributed by atoms with Crippen LogP contribution in [0.2, 0.25) is 0 Å². The Bertz CT molecular complexity index is 942. The molecule has 164 valence electrons. The van der Waals surface area contributed by atoms with Gasteiger partial charge in [-0.15, -0.1) is 0 Å². The number of allylic oxidation sites excluding steroid dienone is 1. The molecular formula is C21H25N5O5. The van der Waals surface area contributed by atoms with E-state index in [0.29, 0.717) is 44.1 Å². The van der Waals surface area contributed by atoms with Crippen LogP contribution in [0.5, 0.6) is 11.5 Å². The quantitative estimate of drug-likeness (QED) is 0.652. The van der Waals surface area contributed by atoms with Gasteiger partial charge >= 0.3 is 0 Å². The van der Waals surface area contributed by atoms with E-state index in [-0.39, 0.29) is 30.4 Å². The molecular weight excluding hydrogens is 402 g/mol. The number of nitrogens with one attached hydrogen (secondary N) is 2. The van der Waals surface area contributed by atoms with Crippen LogP contribution in [0.25, 0.3) is 0 Å². The summed E-state index contributed by atoms with van der Waals surface area (Å²) in [7, 11) is 0. The number of amides is 3. The summed E-state index contributed by atoms with van der Waals surface area (Å²) in [4.78, 5) is 41.5. The van der Waals surface area contributed by atoms with E-state index in [0.717, 1.165) is 5.70 Å². The molecule has 10 nitrogen and oxygen atoms in total. The number of ether oxygens (including phenoxy) is 2. The van der Waals surface area contributed by atoms with Crippen molar-refractivity contribution < 1.29 is 23.9 Å². The number of carbonyl (C=O) groups is 3. The van der Waals surface area contributed by atoms with E-state index in [1.165, 1.54) is 0 Å². The van der Waals surface area contributed by atoms with Crippen LogP contribution in [-0.2, 0) is 14.4 Å². The average Bonchev–Trinajstić information content (AvgIpc) is 3.22. The highest BCUT2D eigenvalue weighted by molar-refractivity contribution is 5.88. The molecule has 31 heavy (non-hydrogen) atoms. The zero-order valence-electron chi connectivity index (χ0n) is 17.2. The second-order valence-corrected chi connectivity index (χ2v) is 8.16. The number of rotatable bonds is 2. The molecule has 4 aliphatic heterocycles. The van der Waals surface area contributed by atoms with Gasteiger partial charge in [0, 0.05) is 44.5 Å². The fourth-order valence-corrected chi connectivity index (χ4v) is 4.41. The van der Waals surface area contributed by atoms with Crippen LogP contribution in [0, 0.1) is 0 Å². The molecule has 2 N–H and O–H groups in total. The predicted octanol–water partition coefficient (Wildman–Crippen LogP) is -0.564. The number of benzene rings is 1. The Hall–Kier alpha value is -3.27. The first-order valence-corrected chi connectivity index (χ1v) is 10.5. The number of para-hydroxylation sites is 2. The molecule has 10 heteroatoms. The van der Waals surface area contributed by atoms with Gasteiger partial charge in [-0.25, -0.2) is 5.43 Å². The lowest BCUT2D eigenvalue weighted by Crippen LogP contribution is -2.57. The van der Waals surface area contributed by atoms with Crippen molar-refractivity contribution in [1.29, 1.82) is 0 Å². The molecule has 0 bridgehead atoms. The summed E-state index contributed by atoms with van der Waals surface area (Å²) in [6.07, 6.45) is 1.54. The van der Waals surface area contributed by atoms with E-state index in [1.807, 2.05) is 18.2 Å². The maximum absolute atomic E-state index is 13.0. The molecule has 4 heterocycles. The second-order valence-electron chi connectivity index (χ2n) is 8.16. The van der Waals surface area contributed by atoms with Gasteiger partial charge in [0.25, 0.3) is 5.91 Å². The summed E-state index contributed by atoms with van der Waals surface area (Å²) >= 11 is 0. The monoisotopic (exact) mass is 427 g/mol. The molecule has 0 aliphatic carbocycles. The predicted molar refractivity (Wildman–Crippen MR) is 109 cm³/mol. The highest BCUT2D eigenvalue weighted by atomic mass is 16.6. The standard InChI is InChI=1S/C21H25N5O5/c1-13-11-26-15(19(27)22-13)10-14(23-26)20(28)24-6-8-25(9-7-24)21(29)18-12-30-16-4-2-3-5-17(16)31-18/h2-5,11,14-15,18,23H,6-10,12H2,1H3,(H,22,27). The van der Waals surface area contributed by atoms with E-state index in [2.05, 4.69) is 10.7 Å². The molecule has 3 unspecified atom stereocenters. The molecule has 5 rings (SSSR count). The number of nitrogens with zero attached hydrogens (tertiary/aromatic N) is 3. The third kappa shape index (κ3) is 3.67. The highest BCUT2D eigenvalue weighted by Gasteiger charge is 2.42. The lowest BCUT2D eigenvalue weighted by Gasteiger charge is -2.38. The molecule has 2 fully saturated rings. The van der Waals surface area contributed by atoms with Crippen molar-refractivity contribution in [3.8, 4) is 11.5 Å². The van der Waals surface area contributed by atoms with Crippen LogP contribution in [0.1, 0.15) is 13.3 Å². The lowest BCUT2D eigenvalue weighted by atomic mass is 10.1. The van der Waals surface area contributed by atoms with Crippen molar-refractivity contribution in [2.45, 2.75) is 31.5 Å². The first-order chi connectivity index (χ1) is 15.0. The Morgan fingerprint density at radius 1 is 1.03 bits per heavy atom. The molecule has 1 aromatic rings. The number of piperazine rings is 1. The molecule has 3 amide bonds. The summed E-state index contributed by atoms with van der Waals surface area (Å²) < 4.78 is 11.5. The lowest BCUT2D eigenvalue weighted by molar-refractivity contribution is -0.146. The molecule has 4 aliphatic rings. The Kier molecular flexibility index (Phi) is 4.93. The summed E-state index contributed by atoms with van der Waals surface area (Å²) in [5.41, 5.74) is 3.87. The summed E-state index contributed by atoms with van der Waals surface area (Å²) in [5.74, 6) is 0.926. The minimum atomic E-state index is -0.682. The molecule has 2 saturated heterocycles. The third-order valence-corrected chi connectivity index (χ3v) is 6.04. The van der Waals surface area contributed by atoms with Crippen LogP contribution in [0.4, 0.5) is 0 Å². The van der Waals surface area contributed by atoms with Crippen LogP contribution in [0.15, 0.2) is 36.2 Å². The van der Waals surface area contributed by atoms with Crippen LogP contribution < -0.4 is 20.2 Å². The largest absolute Gasteiger partial charge is 0.485 e. The summed E-state index contributed by atoms with van der Waals surface area (Å²) in [6.45, 7) is 3.74. The van der Waals surface area contributed by atoms with E-state index < -0.39 is 12.1 Å². The van der Waals surface area contributed by atoms with Gasteiger partial charge in [-0.2, -0.15) is 0 Å². The van der Waals surface area contributed by atoms with Gasteiger partial charge in [0.1, 0.15) is 18.7 Å². The molecule has 1 aromatic carbocycles. The number of fused-ring (bicyclic) bond motifs is 2. The first kappa shape index (κ1) is 19.7. The smallest absolute Gasteiger partial charge is 0.267 e. The SMILES string of the molecule is CC1=CN2NC(C(=O)N3CCN(C(=O)C4COc5ccccc5O4)CC3)CC2C(=O)N1. The van der Waals surface area contributed by atoms with E-state index in [9.17, 15) is 14.4 Å². The second kappa shape index (κ2) is 7.77. The van der Waals surface area contributed by atoms with Gasteiger partial charge in [0.2, 0.25) is 17.9 Å². The topological polar surface area (TPSA) is 103 Å². The van der Waals surface area contributed by atoms with E-state index in [1.54, 1.807) is 34.0 Å². The van der Waals surface area contributed by atoms with Crippen molar-refractivity contribution in [3.63, 3.8) is 0 Å². The van der Waals surface area contributed by atoms with Gasteiger partial charge in [0.05, 0.1) is 0 Å². The Labute approximate surface area is 179 Å². The number of hydrogen-bond donors (Lipinski definition) is 2. The maximum atomic E-state index is 13.0. The Morgan fingerprint density at radius 2 is 1.71 bits per heavy atom. The fourth-order valence-electron chi connectivity index (χ4n) is 4.41. The zero-order valence-corrected chi connectivity index (χ0v) is 17.2. The first-order valence-electron chi connectivity index (χ1n) is 10.5. The molecule has 0 radical (unpaired) electrons. The zero-order chi connectivity index (χ0) is 21.5. The Morgan fingerprint density at radius 3 is 2.45 bits per heavy atom. The molecule has 0 aromatic heterocycles. The molecule has 0 saturated carbocycles. The molecule has 0 spiro atoms. The number of hydrazine groups is 1. The van der Waals surface area contributed by atoms with Crippen molar-refractivity contribution in [3.05, 3.63) is 36.2 Å². The van der Waals surface area contributed by atoms with Crippen LogP contribution in [-0.4, -0.2) is 83.5 Å². The summed E-state index contributed by atoms with van der Waals surface area (Å²) in [5, 5.41) is 4.51. The normalized spacial score (nSPS) is 27.4. The van der Waals surface area contributed by atoms with Crippen LogP contribution in [0.3, 0.4) is 0 Å². The highest BCUT2D eigenvalue weighted by Crippen LogP contribution is 2.31. The van der Waals surface area contributed by atoms with Gasteiger partial charge in [-0.3, -0.25) is 14.4 Å². The van der Waals surface area contributed by atoms with Crippen molar-refractivity contribution in [2.24, 2.45) is 0 Å². The van der Waals surface area contributed by atoms with Crippen molar-refractivity contribution in [1.82, 2.24) is 25.6 Å². The van der Waals surface area contributed by atoms with E-state index in [4.69, 9.17) is 9.47 Å². The van der Waals surface area contributed by atoms with Crippen LogP contribution >= 0.6 is 0 Å². The van der Waals surface area contributed by atoms with Gasteiger partial charge < -0.3 is 29.6 Å². The number of carbonyl (C=O) groups excluding carboxylic acids is 3. The molecule has 3 atom stereocenters. The Balaban J connectivity index is 1.15. The minimum absolute atomic E-state index is 0.0495. The fraction of sp³-hybridized carbons (Fsp3) is 0.476. The van der Waals surface area contributed by atoms with E-state index >= 15 is 0 Å². The number of hydrogen-bond acceptors (Lipinski definition) is 7. The van der Waals surface area contributed by atoms with Gasteiger partial charge in [0.15, 0.2) is 11.5 Å². The summed E-state index contributed by atoms with van der Waals surface area (Å²) in [6, 6.07) is 6.45. The van der Waals surface area contributed by atoms with Gasteiger partial charge in [-0.05, 0) is 19.1 Å². The average molecular weight is 427 g/mol. The van der Waals surface area contributed by atoms with Crippen molar-refractivity contribution in [2.75, 3.05) is 32.8 Å². The van der Waals surface area contributed by atoms with Crippen molar-refractivity contribution >= 4 is 17.7 Å². The minimum Gasteiger partial charge on any atom is -0.485 e. The third-order valence-electron chi connectivity index (χ3n) is 6.04. The van der Waals surface area contributed by atoms with Gasteiger partial charge in [-0.1, -0.05) is 12.1 Å². The maximum Gasteiger partial charge on any atom is 0.267 e.